The fraction of sp³-hybridized carbons (Fsp3) is 0.516. The van der Waals surface area contributed by atoms with Gasteiger partial charge < -0.3 is 15.2 Å². The van der Waals surface area contributed by atoms with Crippen molar-refractivity contribution in [1.82, 2.24) is 5.32 Å². The van der Waals surface area contributed by atoms with Crippen LogP contribution in [0.2, 0.25) is 0 Å². The maximum absolute atomic E-state index is 13.9. The molecule has 1 aromatic rings. The van der Waals surface area contributed by atoms with Crippen molar-refractivity contribution in [3.63, 3.8) is 0 Å². The molecule has 3 fully saturated rings. The Morgan fingerprint density at radius 3 is 2.72 bits per heavy atom. The molecule has 3 aliphatic heterocycles. The molecule has 0 bridgehead atoms. The molecule has 3 heterocycles. The van der Waals surface area contributed by atoms with Gasteiger partial charge in [-0.15, -0.1) is 0 Å². The summed E-state index contributed by atoms with van der Waals surface area (Å²) in [5.41, 5.74) is 0.609. The molecule has 39 heavy (non-hydrogen) atoms. The van der Waals surface area contributed by atoms with Gasteiger partial charge in [-0.25, -0.2) is 4.79 Å². The van der Waals surface area contributed by atoms with Gasteiger partial charge in [0.25, 0.3) is 5.91 Å². The van der Waals surface area contributed by atoms with Gasteiger partial charge in [-0.3, -0.25) is 14.5 Å². The molecule has 1 spiro atoms. The van der Waals surface area contributed by atoms with Crippen LogP contribution in [-0.2, 0) is 35.3 Å². The Bertz CT molecular complexity index is 1190. The van der Waals surface area contributed by atoms with E-state index in [2.05, 4.69) is 18.8 Å². The van der Waals surface area contributed by atoms with Gasteiger partial charge in [0.1, 0.15) is 12.0 Å². The highest BCUT2D eigenvalue weighted by atomic mass is 17.2. The molecule has 8 nitrogen and oxygen atoms in total. The van der Waals surface area contributed by atoms with Gasteiger partial charge in [-0.05, 0) is 48.7 Å². The second-order valence-electron chi connectivity index (χ2n) is 11.4. The minimum absolute atomic E-state index is 0.135. The fourth-order valence-corrected chi connectivity index (χ4v) is 6.62. The molecule has 0 radical (unpaired) electrons. The monoisotopic (exact) mass is 535 g/mol. The molecule has 1 aromatic carbocycles. The molecule has 1 aliphatic carbocycles. The standard InChI is InChI=1S/C31H37NO7/c1-18-9-7-13-22(17-33)29-25(37-29)16-26(34)38-39-31-23(14-8-10-18)28(35)20(3)19(2)27(31)24(32-30(31)36)15-21-11-5-4-6-12-21/h4-6,8,11-12,14,17-19,23-25,27-28,35H,3,7,9-10,13,15-16H2,1-2H3,(H,32,36)/t18-,19-,23-,24+,25+,27+,28-,31-/m1/s1. The van der Waals surface area contributed by atoms with E-state index < -0.39 is 41.5 Å². The van der Waals surface area contributed by atoms with E-state index in [1.165, 1.54) is 0 Å². The molecule has 0 unspecified atom stereocenters. The molecule has 8 heteroatoms. The number of nitrogens with one attached hydrogen (secondary N) is 1. The summed E-state index contributed by atoms with van der Waals surface area (Å²) in [6, 6.07) is 9.52. The zero-order chi connectivity index (χ0) is 27.7. The Hall–Kier alpha value is -3.23. The number of aliphatic hydroxyl groups excluding tert-OH is 1. The number of fused-ring (bicyclic) bond motifs is 1. The third kappa shape index (κ3) is 5.20. The van der Waals surface area contributed by atoms with Crippen molar-refractivity contribution in [2.45, 2.75) is 76.2 Å². The van der Waals surface area contributed by atoms with E-state index in [1.54, 1.807) is 0 Å². The van der Waals surface area contributed by atoms with Gasteiger partial charge in [0.15, 0.2) is 6.10 Å². The van der Waals surface area contributed by atoms with Crippen LogP contribution in [0, 0.1) is 23.7 Å². The number of amides is 1. The van der Waals surface area contributed by atoms with Gasteiger partial charge in [-0.1, -0.05) is 69.3 Å². The SMILES string of the molecule is C=C1[C@@H](C)[C@H]2[C@H](Cc3ccccc3)NC(=O)[C@]23OOC(=O)C[C@@H]2OC2=C(C=O)CCC[C@@H](C)CC=C[C@@H]3[C@@H]1O. The van der Waals surface area contributed by atoms with Crippen LogP contribution >= 0.6 is 0 Å². The molecule has 8 atom stereocenters. The van der Waals surface area contributed by atoms with E-state index in [0.29, 0.717) is 42.1 Å². The van der Waals surface area contributed by atoms with Crippen molar-refractivity contribution in [3.8, 4) is 0 Å². The quantitative estimate of drug-likeness (QED) is 0.262. The Balaban J connectivity index is 1.50. The van der Waals surface area contributed by atoms with E-state index in [-0.39, 0.29) is 18.4 Å². The number of benzene rings is 1. The van der Waals surface area contributed by atoms with Gasteiger partial charge in [0.05, 0.1) is 12.5 Å². The zero-order valence-corrected chi connectivity index (χ0v) is 22.5. The third-order valence-electron chi connectivity index (χ3n) is 8.85. The summed E-state index contributed by atoms with van der Waals surface area (Å²) in [5.74, 6) is -1.83. The maximum atomic E-state index is 13.9. The first-order valence-corrected chi connectivity index (χ1v) is 13.9. The maximum Gasteiger partial charge on any atom is 0.346 e. The summed E-state index contributed by atoms with van der Waals surface area (Å²) in [6.45, 7) is 8.25. The largest absolute Gasteiger partial charge is 0.482 e. The van der Waals surface area contributed by atoms with Crippen LogP contribution in [0.15, 0.2) is 66.0 Å². The van der Waals surface area contributed by atoms with E-state index in [1.807, 2.05) is 49.4 Å². The van der Waals surface area contributed by atoms with Crippen LogP contribution < -0.4 is 5.32 Å². The lowest BCUT2D eigenvalue weighted by Crippen LogP contribution is -2.61. The van der Waals surface area contributed by atoms with Gasteiger partial charge >= 0.3 is 5.97 Å². The van der Waals surface area contributed by atoms with Crippen LogP contribution in [0.25, 0.3) is 0 Å². The summed E-state index contributed by atoms with van der Waals surface area (Å²) in [7, 11) is 0. The number of epoxide rings is 1. The molecular formula is C31H37NO7. The lowest BCUT2D eigenvalue weighted by atomic mass is 9.59. The number of hydrogen-bond acceptors (Lipinski definition) is 7. The van der Waals surface area contributed by atoms with Crippen molar-refractivity contribution in [2.75, 3.05) is 0 Å². The third-order valence-corrected chi connectivity index (χ3v) is 8.85. The minimum Gasteiger partial charge on any atom is -0.482 e. The lowest BCUT2D eigenvalue weighted by molar-refractivity contribution is -0.348. The number of rotatable bonds is 3. The summed E-state index contributed by atoms with van der Waals surface area (Å²) >= 11 is 0. The predicted octanol–water partition coefficient (Wildman–Crippen LogP) is 3.75. The Morgan fingerprint density at radius 2 is 1.97 bits per heavy atom. The van der Waals surface area contributed by atoms with E-state index in [4.69, 9.17) is 14.5 Å². The first kappa shape index (κ1) is 27.3. The van der Waals surface area contributed by atoms with Crippen molar-refractivity contribution in [2.24, 2.45) is 23.7 Å². The number of allylic oxidation sites excluding steroid dienone is 2. The van der Waals surface area contributed by atoms with Crippen molar-refractivity contribution in [3.05, 3.63) is 71.5 Å². The second-order valence-corrected chi connectivity index (χ2v) is 11.4. The first-order valence-electron chi connectivity index (χ1n) is 13.9. The normalized spacial score (nSPS) is 37.1. The van der Waals surface area contributed by atoms with E-state index in [9.17, 15) is 19.5 Å². The van der Waals surface area contributed by atoms with Gasteiger partial charge in [-0.2, -0.15) is 4.89 Å². The molecule has 1 saturated carbocycles. The average Bonchev–Trinajstić information content (AvgIpc) is 3.61. The molecule has 2 saturated heterocycles. The van der Waals surface area contributed by atoms with Gasteiger partial charge in [0, 0.05) is 23.5 Å². The lowest BCUT2D eigenvalue weighted by Gasteiger charge is -2.48. The number of ether oxygens (including phenoxy) is 1. The van der Waals surface area contributed by atoms with Crippen LogP contribution in [-0.4, -0.2) is 47.1 Å². The number of aldehydes is 1. The second kappa shape index (κ2) is 11.1. The molecule has 1 amide bonds. The summed E-state index contributed by atoms with van der Waals surface area (Å²) in [4.78, 5) is 49.6. The van der Waals surface area contributed by atoms with Crippen LogP contribution in [0.5, 0.6) is 0 Å². The van der Waals surface area contributed by atoms with Crippen molar-refractivity contribution < 1.29 is 34.0 Å². The van der Waals surface area contributed by atoms with Gasteiger partial charge in [0.2, 0.25) is 5.60 Å². The average molecular weight is 536 g/mol. The van der Waals surface area contributed by atoms with Crippen molar-refractivity contribution in [1.29, 1.82) is 0 Å². The molecule has 5 rings (SSSR count). The topological polar surface area (TPSA) is 114 Å². The number of aliphatic hydroxyl groups is 1. The molecule has 208 valence electrons. The van der Waals surface area contributed by atoms with Crippen LogP contribution in [0.3, 0.4) is 0 Å². The Kier molecular flexibility index (Phi) is 7.78. The highest BCUT2D eigenvalue weighted by Gasteiger charge is 2.68. The smallest absolute Gasteiger partial charge is 0.346 e. The summed E-state index contributed by atoms with van der Waals surface area (Å²) < 4.78 is 5.54. The molecular weight excluding hydrogens is 498 g/mol. The zero-order valence-electron chi connectivity index (χ0n) is 22.5. The highest BCUT2D eigenvalue weighted by Crippen LogP contribution is 2.52. The number of carbonyl (C=O) groups is 3. The summed E-state index contributed by atoms with van der Waals surface area (Å²) in [5, 5.41) is 14.5. The molecule has 4 aliphatic rings. The van der Waals surface area contributed by atoms with Crippen LogP contribution in [0.1, 0.15) is 51.5 Å². The predicted molar refractivity (Wildman–Crippen MR) is 143 cm³/mol. The minimum atomic E-state index is -1.64. The van der Waals surface area contributed by atoms with E-state index in [0.717, 1.165) is 24.7 Å². The molecule has 2 N–H and O–H groups in total. The van der Waals surface area contributed by atoms with Crippen LogP contribution in [0.4, 0.5) is 0 Å². The number of hydrogen-bond donors (Lipinski definition) is 2. The number of carbonyl (C=O) groups excluding carboxylic acids is 3. The molecule has 0 aromatic heterocycles. The fourth-order valence-electron chi connectivity index (χ4n) is 6.62. The first-order chi connectivity index (χ1) is 18.8. The Morgan fingerprint density at radius 1 is 1.21 bits per heavy atom. The van der Waals surface area contributed by atoms with Crippen molar-refractivity contribution >= 4 is 18.2 Å². The highest BCUT2D eigenvalue weighted by molar-refractivity contribution is 5.90. The summed E-state index contributed by atoms with van der Waals surface area (Å²) in [6.07, 6.45) is 6.42. The van der Waals surface area contributed by atoms with E-state index >= 15 is 0 Å². The Labute approximate surface area is 229 Å².